The first kappa shape index (κ1) is 15.1. The molecule has 0 saturated heterocycles. The molecule has 0 saturated carbocycles. The second kappa shape index (κ2) is 5.98. The fourth-order valence-corrected chi connectivity index (χ4v) is 2.42. The lowest BCUT2D eigenvalue weighted by Crippen LogP contribution is -2.35. The first-order chi connectivity index (χ1) is 9.42. The van der Waals surface area contributed by atoms with Crippen LogP contribution in [0.5, 0.6) is 0 Å². The molecule has 4 heteroatoms. The Morgan fingerprint density at radius 3 is 2.80 bits per heavy atom. The maximum Gasteiger partial charge on any atom is 0.0646 e. The summed E-state index contributed by atoms with van der Waals surface area (Å²) < 4.78 is 2.00. The molecule has 2 N–H and O–H groups in total. The summed E-state index contributed by atoms with van der Waals surface area (Å²) in [5.41, 5.74) is 8.02. The van der Waals surface area contributed by atoms with E-state index in [-0.39, 0.29) is 0 Å². The molecule has 108 valence electrons. The zero-order valence-electron chi connectivity index (χ0n) is 12.3. The zero-order valence-corrected chi connectivity index (χ0v) is 13.1. The summed E-state index contributed by atoms with van der Waals surface area (Å²) in [6.07, 6.45) is 3.78. The highest BCUT2D eigenvalue weighted by molar-refractivity contribution is 6.30. The lowest BCUT2D eigenvalue weighted by atomic mass is 9.88. The maximum absolute atomic E-state index is 6.45. The van der Waals surface area contributed by atoms with E-state index in [2.05, 4.69) is 18.9 Å². The van der Waals surface area contributed by atoms with Gasteiger partial charge in [-0.3, -0.25) is 4.68 Å². The van der Waals surface area contributed by atoms with Gasteiger partial charge in [-0.2, -0.15) is 5.10 Å². The number of hydrogen-bond acceptors (Lipinski definition) is 2. The summed E-state index contributed by atoms with van der Waals surface area (Å²) in [5, 5.41) is 5.33. The van der Waals surface area contributed by atoms with Crippen molar-refractivity contribution in [2.45, 2.75) is 45.2 Å². The average Bonchev–Trinajstić information content (AvgIpc) is 2.85. The van der Waals surface area contributed by atoms with Crippen molar-refractivity contribution in [2.24, 2.45) is 5.73 Å². The summed E-state index contributed by atoms with van der Waals surface area (Å²) in [5.74, 6) is 0. The van der Waals surface area contributed by atoms with Gasteiger partial charge in [-0.05, 0) is 44.0 Å². The molecule has 1 aromatic heterocycles. The summed E-state index contributed by atoms with van der Waals surface area (Å²) in [7, 11) is 0. The number of rotatable bonds is 5. The average molecular weight is 292 g/mol. The van der Waals surface area contributed by atoms with Crippen molar-refractivity contribution in [3.8, 4) is 0 Å². The van der Waals surface area contributed by atoms with Crippen LogP contribution in [0.1, 0.15) is 44.5 Å². The predicted octanol–water partition coefficient (Wildman–Crippen LogP) is 3.92. The molecule has 0 spiro atoms. The van der Waals surface area contributed by atoms with Crippen LogP contribution in [0.2, 0.25) is 5.02 Å². The van der Waals surface area contributed by atoms with Crippen molar-refractivity contribution >= 4 is 11.6 Å². The SMILES string of the molecule is CCC(C)n1ccc(CC(C)(N)c2cccc(Cl)c2)n1. The fourth-order valence-electron chi connectivity index (χ4n) is 2.23. The molecule has 0 fully saturated rings. The van der Waals surface area contributed by atoms with Crippen LogP contribution in [0.4, 0.5) is 0 Å². The van der Waals surface area contributed by atoms with Gasteiger partial charge >= 0.3 is 0 Å². The Morgan fingerprint density at radius 2 is 2.15 bits per heavy atom. The van der Waals surface area contributed by atoms with Crippen molar-refractivity contribution < 1.29 is 0 Å². The van der Waals surface area contributed by atoms with Gasteiger partial charge in [0, 0.05) is 29.2 Å². The van der Waals surface area contributed by atoms with Crippen molar-refractivity contribution in [1.29, 1.82) is 0 Å². The van der Waals surface area contributed by atoms with Crippen molar-refractivity contribution in [3.05, 3.63) is 52.8 Å². The van der Waals surface area contributed by atoms with E-state index in [4.69, 9.17) is 17.3 Å². The quantitative estimate of drug-likeness (QED) is 0.907. The smallest absolute Gasteiger partial charge is 0.0646 e. The number of nitrogens with zero attached hydrogens (tertiary/aromatic N) is 2. The van der Waals surface area contributed by atoms with Gasteiger partial charge in [0.05, 0.1) is 5.69 Å². The van der Waals surface area contributed by atoms with Crippen LogP contribution < -0.4 is 5.73 Å². The lowest BCUT2D eigenvalue weighted by molar-refractivity contribution is 0.452. The molecular formula is C16H22ClN3. The van der Waals surface area contributed by atoms with Crippen LogP contribution in [0.15, 0.2) is 36.5 Å². The summed E-state index contributed by atoms with van der Waals surface area (Å²) in [6.45, 7) is 6.33. The van der Waals surface area contributed by atoms with Crippen molar-refractivity contribution in [1.82, 2.24) is 9.78 Å². The molecule has 0 aliphatic carbocycles. The largest absolute Gasteiger partial charge is 0.321 e. The molecule has 2 atom stereocenters. The van der Waals surface area contributed by atoms with Crippen LogP contribution in [-0.4, -0.2) is 9.78 Å². The number of hydrogen-bond donors (Lipinski definition) is 1. The van der Waals surface area contributed by atoms with Crippen LogP contribution in [0.25, 0.3) is 0 Å². The second-order valence-electron chi connectivity index (χ2n) is 5.65. The Hall–Kier alpha value is -1.32. The van der Waals surface area contributed by atoms with Gasteiger partial charge in [-0.15, -0.1) is 0 Å². The Morgan fingerprint density at radius 1 is 1.40 bits per heavy atom. The van der Waals surface area contributed by atoms with Crippen molar-refractivity contribution in [2.75, 3.05) is 0 Å². The van der Waals surface area contributed by atoms with E-state index < -0.39 is 5.54 Å². The van der Waals surface area contributed by atoms with E-state index in [0.717, 1.165) is 17.7 Å². The van der Waals surface area contributed by atoms with E-state index in [0.29, 0.717) is 17.5 Å². The molecular weight excluding hydrogens is 270 g/mol. The topological polar surface area (TPSA) is 43.8 Å². The number of aromatic nitrogens is 2. The van der Waals surface area contributed by atoms with Gasteiger partial charge in [-0.25, -0.2) is 0 Å². The van der Waals surface area contributed by atoms with Crippen LogP contribution >= 0.6 is 11.6 Å². The van der Waals surface area contributed by atoms with Gasteiger partial charge in [0.2, 0.25) is 0 Å². The first-order valence-electron chi connectivity index (χ1n) is 7.01. The Labute approximate surface area is 125 Å². The maximum atomic E-state index is 6.45. The normalized spacial score (nSPS) is 15.8. The van der Waals surface area contributed by atoms with E-state index in [1.165, 1.54) is 0 Å². The molecule has 2 aromatic rings. The summed E-state index contributed by atoms with van der Waals surface area (Å²) in [4.78, 5) is 0. The highest BCUT2D eigenvalue weighted by atomic mass is 35.5. The predicted molar refractivity (Wildman–Crippen MR) is 83.9 cm³/mol. The molecule has 2 unspecified atom stereocenters. The van der Waals surface area contributed by atoms with Crippen LogP contribution in [-0.2, 0) is 12.0 Å². The third-order valence-corrected chi connectivity index (χ3v) is 3.97. The van der Waals surface area contributed by atoms with Crippen LogP contribution in [0.3, 0.4) is 0 Å². The minimum Gasteiger partial charge on any atom is -0.321 e. The minimum atomic E-state index is -0.473. The van der Waals surface area contributed by atoms with Gasteiger partial charge in [0.25, 0.3) is 0 Å². The Bertz CT molecular complexity index is 575. The highest BCUT2D eigenvalue weighted by Crippen LogP contribution is 2.25. The van der Waals surface area contributed by atoms with Gasteiger partial charge in [0.1, 0.15) is 0 Å². The molecule has 1 heterocycles. The molecule has 2 rings (SSSR count). The highest BCUT2D eigenvalue weighted by Gasteiger charge is 2.23. The van der Waals surface area contributed by atoms with E-state index >= 15 is 0 Å². The van der Waals surface area contributed by atoms with E-state index in [9.17, 15) is 0 Å². The molecule has 0 amide bonds. The summed E-state index contributed by atoms with van der Waals surface area (Å²) >= 11 is 6.04. The molecule has 20 heavy (non-hydrogen) atoms. The number of nitrogens with two attached hydrogens (primary N) is 1. The third-order valence-electron chi connectivity index (χ3n) is 3.74. The molecule has 0 aliphatic rings. The molecule has 0 radical (unpaired) electrons. The Kier molecular flexibility index (Phi) is 4.51. The van der Waals surface area contributed by atoms with Crippen molar-refractivity contribution in [3.63, 3.8) is 0 Å². The number of benzene rings is 1. The number of halogens is 1. The van der Waals surface area contributed by atoms with E-state index in [1.807, 2.05) is 48.1 Å². The second-order valence-corrected chi connectivity index (χ2v) is 6.09. The van der Waals surface area contributed by atoms with Gasteiger partial charge in [-0.1, -0.05) is 30.7 Å². The van der Waals surface area contributed by atoms with Crippen LogP contribution in [0, 0.1) is 0 Å². The van der Waals surface area contributed by atoms with E-state index in [1.54, 1.807) is 0 Å². The fraction of sp³-hybridized carbons (Fsp3) is 0.438. The first-order valence-corrected chi connectivity index (χ1v) is 7.39. The molecule has 3 nitrogen and oxygen atoms in total. The summed E-state index contributed by atoms with van der Waals surface area (Å²) in [6, 6.07) is 10.2. The monoisotopic (exact) mass is 291 g/mol. The third kappa shape index (κ3) is 3.41. The van der Waals surface area contributed by atoms with Gasteiger partial charge in [0.15, 0.2) is 0 Å². The Balaban J connectivity index is 2.17. The standard InChI is InChI=1S/C16H22ClN3/c1-4-12(2)20-9-8-15(19-20)11-16(3,18)13-6-5-7-14(17)10-13/h5-10,12H,4,11,18H2,1-3H3. The minimum absolute atomic E-state index is 0.416. The lowest BCUT2D eigenvalue weighted by Gasteiger charge is -2.24. The zero-order chi connectivity index (χ0) is 14.8. The van der Waals surface area contributed by atoms with Gasteiger partial charge < -0.3 is 5.73 Å². The molecule has 1 aromatic carbocycles. The molecule has 0 aliphatic heterocycles. The molecule has 0 bridgehead atoms.